The van der Waals surface area contributed by atoms with Crippen LogP contribution in [0.15, 0.2) is 11.6 Å². The molecular formula is C10H19NO. The van der Waals surface area contributed by atoms with Crippen LogP contribution in [0.3, 0.4) is 0 Å². The smallest absolute Gasteiger partial charge is 0.0614 e. The van der Waals surface area contributed by atoms with Crippen molar-refractivity contribution in [1.82, 2.24) is 0 Å². The first kappa shape index (κ1) is 9.75. The molecule has 12 heavy (non-hydrogen) atoms. The maximum atomic E-state index is 9.18. The predicted octanol–water partition coefficient (Wildman–Crippen LogP) is 1.44. The monoisotopic (exact) mass is 169 g/mol. The van der Waals surface area contributed by atoms with E-state index in [1.807, 2.05) is 0 Å². The molecule has 2 atom stereocenters. The molecule has 70 valence electrons. The van der Waals surface area contributed by atoms with E-state index in [0.29, 0.717) is 5.92 Å². The third-order valence-corrected chi connectivity index (χ3v) is 3.08. The summed E-state index contributed by atoms with van der Waals surface area (Å²) in [7, 11) is 0. The van der Waals surface area contributed by atoms with Gasteiger partial charge in [0.05, 0.1) is 6.61 Å². The molecule has 0 aromatic carbocycles. The minimum absolute atomic E-state index is 0.106. The summed E-state index contributed by atoms with van der Waals surface area (Å²) in [5.74, 6) is 0.389. The van der Waals surface area contributed by atoms with E-state index in [9.17, 15) is 5.11 Å². The first-order chi connectivity index (χ1) is 5.58. The van der Waals surface area contributed by atoms with Crippen LogP contribution in [0, 0.1) is 5.92 Å². The van der Waals surface area contributed by atoms with Gasteiger partial charge in [-0.3, -0.25) is 0 Å². The zero-order valence-electron chi connectivity index (χ0n) is 8.01. The Kier molecular flexibility index (Phi) is 2.91. The van der Waals surface area contributed by atoms with Gasteiger partial charge in [-0.25, -0.2) is 0 Å². The van der Waals surface area contributed by atoms with Crippen molar-refractivity contribution in [3.63, 3.8) is 0 Å². The summed E-state index contributed by atoms with van der Waals surface area (Å²) >= 11 is 0. The van der Waals surface area contributed by atoms with E-state index in [4.69, 9.17) is 5.73 Å². The quantitative estimate of drug-likeness (QED) is 0.583. The molecular weight excluding hydrogens is 150 g/mol. The molecule has 0 radical (unpaired) electrons. The van der Waals surface area contributed by atoms with Crippen LogP contribution in [0.25, 0.3) is 0 Å². The summed E-state index contributed by atoms with van der Waals surface area (Å²) < 4.78 is 0. The number of aliphatic hydroxyl groups is 1. The van der Waals surface area contributed by atoms with Crippen LogP contribution >= 0.6 is 0 Å². The number of aliphatic hydroxyl groups excluding tert-OH is 1. The molecule has 0 saturated carbocycles. The second-order valence-corrected chi connectivity index (χ2v) is 4.08. The molecule has 0 spiro atoms. The number of hydrogen-bond acceptors (Lipinski definition) is 2. The lowest BCUT2D eigenvalue weighted by molar-refractivity contribution is 0.142. The standard InChI is InChI=1S/C10H19NO/c1-8-3-4-9(2)10(11,7-12)6-5-8/h3,9,12H,4-7,11H2,1-2H3. The van der Waals surface area contributed by atoms with Gasteiger partial charge in [0.25, 0.3) is 0 Å². The van der Waals surface area contributed by atoms with Crippen LogP contribution in [0.1, 0.15) is 33.1 Å². The molecule has 1 aliphatic carbocycles. The third-order valence-electron chi connectivity index (χ3n) is 3.08. The lowest BCUT2D eigenvalue weighted by Crippen LogP contribution is -2.48. The Bertz CT molecular complexity index is 188. The van der Waals surface area contributed by atoms with Gasteiger partial charge in [0.2, 0.25) is 0 Å². The maximum absolute atomic E-state index is 9.18. The van der Waals surface area contributed by atoms with Gasteiger partial charge in [-0.1, -0.05) is 18.6 Å². The molecule has 2 nitrogen and oxygen atoms in total. The van der Waals surface area contributed by atoms with Gasteiger partial charge < -0.3 is 10.8 Å². The Morgan fingerprint density at radius 3 is 3.00 bits per heavy atom. The fraction of sp³-hybridized carbons (Fsp3) is 0.800. The van der Waals surface area contributed by atoms with Crippen molar-refractivity contribution in [2.75, 3.05) is 6.61 Å². The van der Waals surface area contributed by atoms with Crippen LogP contribution in [-0.4, -0.2) is 17.3 Å². The number of nitrogens with two attached hydrogens (primary N) is 1. The highest BCUT2D eigenvalue weighted by Gasteiger charge is 2.31. The van der Waals surface area contributed by atoms with Crippen molar-refractivity contribution in [3.05, 3.63) is 11.6 Å². The van der Waals surface area contributed by atoms with E-state index < -0.39 is 0 Å². The number of rotatable bonds is 1. The molecule has 2 heteroatoms. The van der Waals surface area contributed by atoms with E-state index in [-0.39, 0.29) is 12.1 Å². The minimum Gasteiger partial charge on any atom is -0.394 e. The largest absolute Gasteiger partial charge is 0.394 e. The lowest BCUT2D eigenvalue weighted by atomic mass is 9.82. The van der Waals surface area contributed by atoms with E-state index in [0.717, 1.165) is 19.3 Å². The Labute approximate surface area is 74.5 Å². The molecule has 0 aromatic rings. The van der Waals surface area contributed by atoms with Crippen molar-refractivity contribution in [2.45, 2.75) is 38.6 Å². The summed E-state index contributed by atoms with van der Waals surface area (Å²) in [5, 5.41) is 9.18. The zero-order chi connectivity index (χ0) is 9.19. The van der Waals surface area contributed by atoms with E-state index in [2.05, 4.69) is 19.9 Å². The molecule has 3 N–H and O–H groups in total. The van der Waals surface area contributed by atoms with E-state index in [1.165, 1.54) is 5.57 Å². The molecule has 0 amide bonds. The third kappa shape index (κ3) is 1.87. The highest BCUT2D eigenvalue weighted by Crippen LogP contribution is 2.29. The van der Waals surface area contributed by atoms with Crippen LogP contribution in [0.2, 0.25) is 0 Å². The van der Waals surface area contributed by atoms with Crippen molar-refractivity contribution < 1.29 is 5.11 Å². The Hall–Kier alpha value is -0.340. The average Bonchev–Trinajstić information content (AvgIpc) is 2.19. The second-order valence-electron chi connectivity index (χ2n) is 4.08. The predicted molar refractivity (Wildman–Crippen MR) is 50.8 cm³/mol. The maximum Gasteiger partial charge on any atom is 0.0614 e. The Morgan fingerprint density at radius 2 is 2.42 bits per heavy atom. The fourth-order valence-electron chi connectivity index (χ4n) is 1.63. The molecule has 1 aliphatic rings. The molecule has 2 unspecified atom stereocenters. The highest BCUT2D eigenvalue weighted by molar-refractivity contribution is 5.07. The topological polar surface area (TPSA) is 46.2 Å². The molecule has 1 rings (SSSR count). The summed E-state index contributed by atoms with van der Waals surface area (Å²) in [6.07, 6.45) is 5.19. The van der Waals surface area contributed by atoms with Crippen molar-refractivity contribution in [2.24, 2.45) is 11.7 Å². The molecule has 0 aromatic heterocycles. The molecule has 0 aliphatic heterocycles. The van der Waals surface area contributed by atoms with Crippen molar-refractivity contribution in [3.8, 4) is 0 Å². The van der Waals surface area contributed by atoms with Crippen LogP contribution in [0.4, 0.5) is 0 Å². The molecule has 0 bridgehead atoms. The summed E-state index contributed by atoms with van der Waals surface area (Å²) in [5.41, 5.74) is 7.13. The van der Waals surface area contributed by atoms with Gasteiger partial charge >= 0.3 is 0 Å². The van der Waals surface area contributed by atoms with Crippen molar-refractivity contribution >= 4 is 0 Å². The van der Waals surface area contributed by atoms with Crippen LogP contribution < -0.4 is 5.73 Å². The fourth-order valence-corrected chi connectivity index (χ4v) is 1.63. The van der Waals surface area contributed by atoms with Crippen LogP contribution in [-0.2, 0) is 0 Å². The number of allylic oxidation sites excluding steroid dienone is 2. The normalized spacial score (nSPS) is 37.3. The van der Waals surface area contributed by atoms with Gasteiger partial charge in [0.1, 0.15) is 0 Å². The molecule has 0 heterocycles. The molecule has 0 saturated heterocycles. The number of hydrogen-bond donors (Lipinski definition) is 2. The van der Waals surface area contributed by atoms with Crippen molar-refractivity contribution in [1.29, 1.82) is 0 Å². The first-order valence-corrected chi connectivity index (χ1v) is 4.64. The van der Waals surface area contributed by atoms with Gasteiger partial charge in [0, 0.05) is 5.54 Å². The summed E-state index contributed by atoms with van der Waals surface area (Å²) in [4.78, 5) is 0. The lowest BCUT2D eigenvalue weighted by Gasteiger charge is -2.31. The summed E-state index contributed by atoms with van der Waals surface area (Å²) in [6, 6.07) is 0. The van der Waals surface area contributed by atoms with Crippen LogP contribution in [0.5, 0.6) is 0 Å². The second kappa shape index (κ2) is 3.58. The highest BCUT2D eigenvalue weighted by atomic mass is 16.3. The van der Waals surface area contributed by atoms with Gasteiger partial charge in [0.15, 0.2) is 0 Å². The molecule has 0 fully saturated rings. The van der Waals surface area contributed by atoms with Gasteiger partial charge in [-0.05, 0) is 32.1 Å². The SMILES string of the molecule is CC1=CCC(C)C(N)(CO)CC1. The Morgan fingerprint density at radius 1 is 1.75 bits per heavy atom. The van der Waals surface area contributed by atoms with E-state index >= 15 is 0 Å². The Balaban J connectivity index is 2.70. The minimum atomic E-state index is -0.353. The van der Waals surface area contributed by atoms with Gasteiger partial charge in [-0.15, -0.1) is 0 Å². The van der Waals surface area contributed by atoms with E-state index in [1.54, 1.807) is 0 Å². The zero-order valence-corrected chi connectivity index (χ0v) is 8.01. The van der Waals surface area contributed by atoms with Gasteiger partial charge in [-0.2, -0.15) is 0 Å². The first-order valence-electron chi connectivity index (χ1n) is 4.64. The summed E-state index contributed by atoms with van der Waals surface area (Å²) in [6.45, 7) is 4.36. The average molecular weight is 169 g/mol.